The van der Waals surface area contributed by atoms with Gasteiger partial charge in [-0.25, -0.2) is 9.97 Å². The van der Waals surface area contributed by atoms with Crippen molar-refractivity contribution in [3.8, 4) is 51.1 Å². The standard InChI is InChI=1S/C41H25N3/c42-26-27-18-20-29(21-19-27)38-25-39(44-41(43-38)30-11-2-1-3-12-30)34-16-8-9-17-35(34)40-33-15-7-5-13-31(33)24-37-32-14-6-4-10-28(32)22-23-36(37)40/h1-25H. The maximum absolute atomic E-state index is 9.36. The van der Waals surface area contributed by atoms with Gasteiger partial charge in [0.05, 0.1) is 23.0 Å². The average molecular weight is 560 g/mol. The molecule has 0 N–H and O–H groups in total. The van der Waals surface area contributed by atoms with E-state index >= 15 is 0 Å². The van der Waals surface area contributed by atoms with Crippen LogP contribution in [0.2, 0.25) is 0 Å². The van der Waals surface area contributed by atoms with Crippen molar-refractivity contribution in [3.05, 3.63) is 157 Å². The fraction of sp³-hybridized carbons (Fsp3) is 0. The Labute approximate surface area is 255 Å². The van der Waals surface area contributed by atoms with Gasteiger partial charge in [0.1, 0.15) is 0 Å². The molecule has 8 rings (SSSR count). The van der Waals surface area contributed by atoms with Gasteiger partial charge in [0.2, 0.25) is 0 Å². The zero-order chi connectivity index (χ0) is 29.5. The van der Waals surface area contributed by atoms with Gasteiger partial charge in [-0.2, -0.15) is 5.26 Å². The van der Waals surface area contributed by atoms with Crippen molar-refractivity contribution >= 4 is 32.3 Å². The van der Waals surface area contributed by atoms with Gasteiger partial charge in [-0.15, -0.1) is 0 Å². The van der Waals surface area contributed by atoms with Gasteiger partial charge in [0, 0.05) is 16.7 Å². The molecule has 0 unspecified atom stereocenters. The summed E-state index contributed by atoms with van der Waals surface area (Å²) in [6, 6.07) is 54.5. The first-order valence-corrected chi connectivity index (χ1v) is 14.6. The second-order valence-corrected chi connectivity index (χ2v) is 10.9. The Morgan fingerprint density at radius 3 is 1.89 bits per heavy atom. The minimum atomic E-state index is 0.618. The normalized spacial score (nSPS) is 11.2. The summed E-state index contributed by atoms with van der Waals surface area (Å²) in [7, 11) is 0. The van der Waals surface area contributed by atoms with Crippen LogP contribution in [-0.4, -0.2) is 9.97 Å². The number of rotatable bonds is 4. The molecule has 0 bridgehead atoms. The molecule has 3 heteroatoms. The van der Waals surface area contributed by atoms with E-state index in [1.807, 2.05) is 54.6 Å². The Kier molecular flexibility index (Phi) is 6.18. The number of aromatic nitrogens is 2. The first-order valence-electron chi connectivity index (χ1n) is 14.6. The van der Waals surface area contributed by atoms with Crippen LogP contribution in [0.4, 0.5) is 0 Å². The predicted molar refractivity (Wildman–Crippen MR) is 181 cm³/mol. The van der Waals surface area contributed by atoms with Crippen LogP contribution < -0.4 is 0 Å². The van der Waals surface area contributed by atoms with Crippen molar-refractivity contribution in [3.63, 3.8) is 0 Å². The minimum absolute atomic E-state index is 0.618. The highest BCUT2D eigenvalue weighted by molar-refractivity contribution is 6.21. The SMILES string of the molecule is N#Cc1ccc(-c2cc(-c3ccccc3-c3c4ccccc4cc4c3ccc3ccccc34)nc(-c3ccccc3)n2)cc1. The molecule has 3 nitrogen and oxygen atoms in total. The first-order chi connectivity index (χ1) is 21.8. The largest absolute Gasteiger partial charge is 0.228 e. The van der Waals surface area contributed by atoms with Gasteiger partial charge in [-0.05, 0) is 67.7 Å². The Morgan fingerprint density at radius 2 is 1.09 bits per heavy atom. The number of nitriles is 1. The molecular weight excluding hydrogens is 534 g/mol. The van der Waals surface area contributed by atoms with Crippen LogP contribution >= 0.6 is 0 Å². The monoisotopic (exact) mass is 559 g/mol. The lowest BCUT2D eigenvalue weighted by molar-refractivity contribution is 1.18. The van der Waals surface area contributed by atoms with Crippen LogP contribution in [0.3, 0.4) is 0 Å². The lowest BCUT2D eigenvalue weighted by Crippen LogP contribution is -1.97. The Balaban J connectivity index is 1.43. The quantitative estimate of drug-likeness (QED) is 0.159. The zero-order valence-electron chi connectivity index (χ0n) is 23.8. The van der Waals surface area contributed by atoms with Crippen LogP contribution in [0, 0.1) is 11.3 Å². The number of hydrogen-bond acceptors (Lipinski definition) is 3. The van der Waals surface area contributed by atoms with Crippen LogP contribution in [0.5, 0.6) is 0 Å². The molecule has 0 aliphatic rings. The Bertz CT molecular complexity index is 2380. The predicted octanol–water partition coefficient (Wildman–Crippen LogP) is 10.5. The molecule has 8 aromatic rings. The number of fused-ring (bicyclic) bond motifs is 4. The number of nitrogens with zero attached hydrogens (tertiary/aromatic N) is 3. The van der Waals surface area contributed by atoms with E-state index in [1.54, 1.807) is 0 Å². The summed E-state index contributed by atoms with van der Waals surface area (Å²) >= 11 is 0. The van der Waals surface area contributed by atoms with Crippen LogP contribution in [0.25, 0.3) is 77.3 Å². The second kappa shape index (κ2) is 10.6. The molecule has 0 spiro atoms. The zero-order valence-corrected chi connectivity index (χ0v) is 23.8. The molecule has 204 valence electrons. The molecule has 0 atom stereocenters. The minimum Gasteiger partial charge on any atom is -0.228 e. The fourth-order valence-corrected chi connectivity index (χ4v) is 6.20. The van der Waals surface area contributed by atoms with Gasteiger partial charge < -0.3 is 0 Å². The molecule has 1 aromatic heterocycles. The third kappa shape index (κ3) is 4.38. The summed E-state index contributed by atoms with van der Waals surface area (Å²) < 4.78 is 0. The lowest BCUT2D eigenvalue weighted by Gasteiger charge is -2.17. The highest BCUT2D eigenvalue weighted by Crippen LogP contribution is 2.43. The maximum Gasteiger partial charge on any atom is 0.160 e. The third-order valence-electron chi connectivity index (χ3n) is 8.31. The van der Waals surface area contributed by atoms with Crippen LogP contribution in [-0.2, 0) is 0 Å². The summed E-state index contributed by atoms with van der Waals surface area (Å²) in [6.07, 6.45) is 0. The van der Waals surface area contributed by atoms with Crippen LogP contribution in [0.1, 0.15) is 5.56 Å². The van der Waals surface area contributed by atoms with E-state index in [0.717, 1.165) is 33.6 Å². The van der Waals surface area contributed by atoms with E-state index in [0.29, 0.717) is 11.4 Å². The van der Waals surface area contributed by atoms with Gasteiger partial charge in [-0.3, -0.25) is 0 Å². The molecule has 0 saturated heterocycles. The Hall–Kier alpha value is -6.11. The molecule has 7 aromatic carbocycles. The molecule has 44 heavy (non-hydrogen) atoms. The fourth-order valence-electron chi connectivity index (χ4n) is 6.20. The van der Waals surface area contributed by atoms with Crippen LogP contribution in [0.15, 0.2) is 152 Å². The van der Waals surface area contributed by atoms with Gasteiger partial charge >= 0.3 is 0 Å². The summed E-state index contributed by atoms with van der Waals surface area (Å²) in [6.45, 7) is 0. The lowest BCUT2D eigenvalue weighted by atomic mass is 9.87. The smallest absolute Gasteiger partial charge is 0.160 e. The molecule has 0 aliphatic heterocycles. The third-order valence-corrected chi connectivity index (χ3v) is 8.31. The van der Waals surface area contributed by atoms with Crippen molar-refractivity contribution in [1.82, 2.24) is 9.97 Å². The van der Waals surface area contributed by atoms with E-state index in [9.17, 15) is 5.26 Å². The van der Waals surface area contributed by atoms with E-state index in [1.165, 1.54) is 37.9 Å². The van der Waals surface area contributed by atoms with Crippen molar-refractivity contribution in [2.45, 2.75) is 0 Å². The maximum atomic E-state index is 9.36. The molecule has 0 radical (unpaired) electrons. The van der Waals surface area contributed by atoms with Crippen molar-refractivity contribution < 1.29 is 0 Å². The summed E-state index contributed by atoms with van der Waals surface area (Å²) in [4.78, 5) is 10.2. The van der Waals surface area contributed by atoms with Gasteiger partial charge in [0.25, 0.3) is 0 Å². The van der Waals surface area contributed by atoms with Crippen molar-refractivity contribution in [1.29, 1.82) is 5.26 Å². The number of benzene rings is 7. The molecule has 0 fully saturated rings. The van der Waals surface area contributed by atoms with Crippen molar-refractivity contribution in [2.75, 3.05) is 0 Å². The van der Waals surface area contributed by atoms with E-state index < -0.39 is 0 Å². The Morgan fingerprint density at radius 1 is 0.432 bits per heavy atom. The van der Waals surface area contributed by atoms with E-state index in [-0.39, 0.29) is 0 Å². The summed E-state index contributed by atoms with van der Waals surface area (Å²) in [5, 5.41) is 16.7. The molecule has 0 amide bonds. The second-order valence-electron chi connectivity index (χ2n) is 10.9. The highest BCUT2D eigenvalue weighted by Gasteiger charge is 2.18. The summed E-state index contributed by atoms with van der Waals surface area (Å²) in [5.41, 5.74) is 7.50. The number of hydrogen-bond donors (Lipinski definition) is 0. The molecule has 0 saturated carbocycles. The highest BCUT2D eigenvalue weighted by atomic mass is 14.9. The first kappa shape index (κ1) is 25.6. The summed E-state index contributed by atoms with van der Waals surface area (Å²) in [5.74, 6) is 0.658. The molecular formula is C41H25N3. The van der Waals surface area contributed by atoms with E-state index in [2.05, 4.69) is 103 Å². The topological polar surface area (TPSA) is 49.6 Å². The van der Waals surface area contributed by atoms with Crippen molar-refractivity contribution in [2.24, 2.45) is 0 Å². The molecule has 1 heterocycles. The van der Waals surface area contributed by atoms with E-state index in [4.69, 9.17) is 9.97 Å². The molecule has 0 aliphatic carbocycles. The van der Waals surface area contributed by atoms with Gasteiger partial charge in [-0.1, -0.05) is 127 Å². The average Bonchev–Trinajstić information content (AvgIpc) is 3.11. The van der Waals surface area contributed by atoms with Gasteiger partial charge in [0.15, 0.2) is 5.82 Å².